The molecule has 162 valence electrons. The summed E-state index contributed by atoms with van der Waals surface area (Å²) in [4.78, 5) is 28.9. The van der Waals surface area contributed by atoms with Crippen molar-refractivity contribution in [3.63, 3.8) is 0 Å². The fraction of sp³-hybridized carbons (Fsp3) is 0.360. The number of hydrogen-bond acceptors (Lipinski definition) is 2. The van der Waals surface area contributed by atoms with E-state index in [-0.39, 0.29) is 35.4 Å². The molecule has 0 saturated carbocycles. The molecule has 0 radical (unpaired) electrons. The smallest absolute Gasteiger partial charge is 0.246 e. The Morgan fingerprint density at radius 1 is 1.10 bits per heavy atom. The Morgan fingerprint density at radius 2 is 1.94 bits per heavy atom. The van der Waals surface area contributed by atoms with Gasteiger partial charge in [0.05, 0.1) is 0 Å². The number of carbonyl (C=O) groups is 2. The number of benzene rings is 2. The maximum absolute atomic E-state index is 14.0. The van der Waals surface area contributed by atoms with Crippen molar-refractivity contribution in [3.05, 3.63) is 77.4 Å². The van der Waals surface area contributed by atoms with E-state index in [2.05, 4.69) is 0 Å². The van der Waals surface area contributed by atoms with Gasteiger partial charge in [-0.05, 0) is 60.6 Å². The molecule has 0 aromatic heterocycles. The normalized spacial score (nSPS) is 21.4. The SMILES string of the molecule is O=C(/C=C/c1cccc(F)c1)N1CC[C@H]2[C@H](CCC(=O)N2CCc2ccccc2F)C1. The molecule has 2 aromatic carbocycles. The van der Waals surface area contributed by atoms with Crippen molar-refractivity contribution in [1.82, 2.24) is 9.80 Å². The summed E-state index contributed by atoms with van der Waals surface area (Å²) in [7, 11) is 0. The number of piperidine rings is 2. The van der Waals surface area contributed by atoms with Crippen LogP contribution in [-0.2, 0) is 16.0 Å². The van der Waals surface area contributed by atoms with Gasteiger partial charge in [-0.2, -0.15) is 0 Å². The first-order valence-corrected chi connectivity index (χ1v) is 10.8. The van der Waals surface area contributed by atoms with Crippen LogP contribution in [0.25, 0.3) is 6.08 Å². The van der Waals surface area contributed by atoms with E-state index >= 15 is 0 Å². The lowest BCUT2D eigenvalue weighted by atomic mass is 9.83. The van der Waals surface area contributed by atoms with Gasteiger partial charge < -0.3 is 9.80 Å². The van der Waals surface area contributed by atoms with Crippen molar-refractivity contribution in [2.24, 2.45) is 5.92 Å². The molecule has 2 aliphatic heterocycles. The average Bonchev–Trinajstić information content (AvgIpc) is 2.77. The number of amides is 2. The van der Waals surface area contributed by atoms with Crippen LogP contribution in [0.5, 0.6) is 0 Å². The summed E-state index contributed by atoms with van der Waals surface area (Å²) < 4.78 is 27.3. The van der Waals surface area contributed by atoms with E-state index in [1.165, 1.54) is 24.3 Å². The third-order valence-electron chi connectivity index (χ3n) is 6.30. The van der Waals surface area contributed by atoms with Crippen LogP contribution >= 0.6 is 0 Å². The number of fused-ring (bicyclic) bond motifs is 1. The number of hydrogen-bond donors (Lipinski definition) is 0. The van der Waals surface area contributed by atoms with E-state index in [9.17, 15) is 18.4 Å². The van der Waals surface area contributed by atoms with Crippen LogP contribution in [0.3, 0.4) is 0 Å². The Balaban J connectivity index is 1.37. The van der Waals surface area contributed by atoms with Gasteiger partial charge in [0.25, 0.3) is 0 Å². The predicted molar refractivity (Wildman–Crippen MR) is 115 cm³/mol. The quantitative estimate of drug-likeness (QED) is 0.680. The topological polar surface area (TPSA) is 40.6 Å². The molecule has 4 rings (SSSR count). The molecule has 2 heterocycles. The first kappa shape index (κ1) is 21.2. The van der Waals surface area contributed by atoms with Crippen LogP contribution in [0.4, 0.5) is 8.78 Å². The molecule has 0 N–H and O–H groups in total. The van der Waals surface area contributed by atoms with E-state index < -0.39 is 0 Å². The Hall–Kier alpha value is -3.02. The highest BCUT2D eigenvalue weighted by molar-refractivity contribution is 5.92. The molecular weight excluding hydrogens is 398 g/mol. The fourth-order valence-corrected chi connectivity index (χ4v) is 4.67. The Labute approximate surface area is 181 Å². The zero-order valence-electron chi connectivity index (χ0n) is 17.3. The van der Waals surface area contributed by atoms with E-state index in [4.69, 9.17) is 0 Å². The molecule has 0 aliphatic carbocycles. The Kier molecular flexibility index (Phi) is 6.44. The van der Waals surface area contributed by atoms with Gasteiger partial charge in [0.15, 0.2) is 0 Å². The largest absolute Gasteiger partial charge is 0.339 e. The molecule has 4 nitrogen and oxygen atoms in total. The summed E-state index contributed by atoms with van der Waals surface area (Å²) in [6.07, 6.45) is 5.53. The van der Waals surface area contributed by atoms with Gasteiger partial charge in [0.1, 0.15) is 11.6 Å². The lowest BCUT2D eigenvalue weighted by Crippen LogP contribution is -2.57. The molecule has 2 saturated heterocycles. The first-order chi connectivity index (χ1) is 15.0. The number of carbonyl (C=O) groups excluding carboxylic acids is 2. The summed E-state index contributed by atoms with van der Waals surface area (Å²) in [6.45, 7) is 1.66. The summed E-state index contributed by atoms with van der Waals surface area (Å²) in [5.41, 5.74) is 1.26. The predicted octanol–water partition coefficient (Wildman–Crippen LogP) is 4.06. The molecular formula is C25H26F2N2O2. The molecule has 0 spiro atoms. The van der Waals surface area contributed by atoms with E-state index in [1.807, 2.05) is 9.80 Å². The lowest BCUT2D eigenvalue weighted by molar-refractivity contribution is -0.142. The molecule has 0 unspecified atom stereocenters. The first-order valence-electron chi connectivity index (χ1n) is 10.8. The van der Waals surface area contributed by atoms with Crippen LogP contribution in [0, 0.1) is 17.6 Å². The highest BCUT2D eigenvalue weighted by Crippen LogP contribution is 2.31. The van der Waals surface area contributed by atoms with Gasteiger partial charge in [-0.3, -0.25) is 9.59 Å². The van der Waals surface area contributed by atoms with Crippen LogP contribution in [0.15, 0.2) is 54.6 Å². The molecule has 2 amide bonds. The average molecular weight is 424 g/mol. The minimum atomic E-state index is -0.335. The summed E-state index contributed by atoms with van der Waals surface area (Å²) in [6, 6.07) is 12.9. The van der Waals surface area contributed by atoms with Crippen LogP contribution in [-0.4, -0.2) is 47.3 Å². The third-order valence-corrected chi connectivity index (χ3v) is 6.30. The van der Waals surface area contributed by atoms with E-state index in [0.717, 1.165) is 6.42 Å². The van der Waals surface area contributed by atoms with Crippen molar-refractivity contribution in [3.8, 4) is 0 Å². The zero-order valence-corrected chi connectivity index (χ0v) is 17.3. The Morgan fingerprint density at radius 3 is 2.74 bits per heavy atom. The third kappa shape index (κ3) is 5.01. The fourth-order valence-electron chi connectivity index (χ4n) is 4.67. The van der Waals surface area contributed by atoms with Gasteiger partial charge in [-0.25, -0.2) is 8.78 Å². The number of nitrogens with zero attached hydrogens (tertiary/aromatic N) is 2. The van der Waals surface area contributed by atoms with Crippen molar-refractivity contribution >= 4 is 17.9 Å². The van der Waals surface area contributed by atoms with Gasteiger partial charge in [0.2, 0.25) is 11.8 Å². The standard InChI is InChI=1S/C25H26F2N2O2/c26-21-6-3-4-18(16-21)8-10-24(30)28-14-13-23-20(17-28)9-11-25(31)29(23)15-12-19-5-1-2-7-22(19)27/h1-8,10,16,20,23H,9,11-15,17H2/b10-8+/t20-,23+/m1/s1. The highest BCUT2D eigenvalue weighted by Gasteiger charge is 2.39. The lowest BCUT2D eigenvalue weighted by Gasteiger charge is -2.47. The van der Waals surface area contributed by atoms with Crippen molar-refractivity contribution < 1.29 is 18.4 Å². The maximum Gasteiger partial charge on any atom is 0.246 e. The van der Waals surface area contributed by atoms with Gasteiger partial charge >= 0.3 is 0 Å². The van der Waals surface area contributed by atoms with Gasteiger partial charge in [-0.1, -0.05) is 30.3 Å². The summed E-state index contributed by atoms with van der Waals surface area (Å²) in [5.74, 6) is -0.341. The van der Waals surface area contributed by atoms with Crippen molar-refractivity contribution in [1.29, 1.82) is 0 Å². The number of rotatable bonds is 5. The molecule has 0 bridgehead atoms. The second-order valence-corrected chi connectivity index (χ2v) is 8.26. The minimum absolute atomic E-state index is 0.0873. The monoisotopic (exact) mass is 424 g/mol. The molecule has 31 heavy (non-hydrogen) atoms. The zero-order chi connectivity index (χ0) is 21.8. The van der Waals surface area contributed by atoms with Gasteiger partial charge in [0, 0.05) is 38.2 Å². The highest BCUT2D eigenvalue weighted by atomic mass is 19.1. The van der Waals surface area contributed by atoms with E-state index in [1.54, 1.807) is 36.4 Å². The minimum Gasteiger partial charge on any atom is -0.339 e. The molecule has 6 heteroatoms. The van der Waals surface area contributed by atoms with E-state index in [0.29, 0.717) is 50.0 Å². The Bertz CT molecular complexity index is 991. The molecule has 2 aromatic rings. The number of likely N-dealkylation sites (tertiary alicyclic amines) is 2. The maximum atomic E-state index is 14.0. The van der Waals surface area contributed by atoms with Crippen LogP contribution in [0.1, 0.15) is 30.4 Å². The van der Waals surface area contributed by atoms with Gasteiger partial charge in [-0.15, -0.1) is 0 Å². The van der Waals surface area contributed by atoms with Crippen LogP contribution in [0.2, 0.25) is 0 Å². The summed E-state index contributed by atoms with van der Waals surface area (Å²) >= 11 is 0. The van der Waals surface area contributed by atoms with Crippen LogP contribution < -0.4 is 0 Å². The second-order valence-electron chi connectivity index (χ2n) is 8.26. The summed E-state index contributed by atoms with van der Waals surface area (Å²) in [5, 5.41) is 0. The molecule has 2 atom stereocenters. The molecule has 2 fully saturated rings. The van der Waals surface area contributed by atoms with Crippen molar-refractivity contribution in [2.75, 3.05) is 19.6 Å². The molecule has 2 aliphatic rings. The second kappa shape index (κ2) is 9.41. The number of halogens is 2. The van der Waals surface area contributed by atoms with Crippen molar-refractivity contribution in [2.45, 2.75) is 31.7 Å².